The number of benzene rings is 1. The molecule has 5 heteroatoms. The SMILES string of the molecule is CC(Oc1ccc(Br)cc1)C(=O)N1CCCC(C(C)N)C1. The number of likely N-dealkylation sites (tertiary alicyclic amines) is 1. The highest BCUT2D eigenvalue weighted by atomic mass is 79.9. The molecule has 0 radical (unpaired) electrons. The number of nitrogens with zero attached hydrogens (tertiary/aromatic N) is 1. The van der Waals surface area contributed by atoms with Gasteiger partial charge in [0.15, 0.2) is 6.10 Å². The summed E-state index contributed by atoms with van der Waals surface area (Å²) in [7, 11) is 0. The average molecular weight is 355 g/mol. The lowest BCUT2D eigenvalue weighted by Gasteiger charge is -2.35. The van der Waals surface area contributed by atoms with E-state index in [2.05, 4.69) is 15.9 Å². The van der Waals surface area contributed by atoms with Crippen LogP contribution < -0.4 is 10.5 Å². The minimum atomic E-state index is -0.474. The van der Waals surface area contributed by atoms with Crippen molar-refractivity contribution in [1.82, 2.24) is 4.90 Å². The molecule has 116 valence electrons. The first-order valence-corrected chi connectivity index (χ1v) is 8.23. The Labute approximate surface area is 134 Å². The Morgan fingerprint density at radius 3 is 2.67 bits per heavy atom. The molecule has 0 bridgehead atoms. The maximum absolute atomic E-state index is 12.5. The van der Waals surface area contributed by atoms with Crippen LogP contribution in [0.1, 0.15) is 26.7 Å². The largest absolute Gasteiger partial charge is 0.481 e. The van der Waals surface area contributed by atoms with E-state index in [1.165, 1.54) is 0 Å². The number of halogens is 1. The Hall–Kier alpha value is -1.07. The van der Waals surface area contributed by atoms with Crippen molar-refractivity contribution in [3.63, 3.8) is 0 Å². The zero-order chi connectivity index (χ0) is 15.4. The lowest BCUT2D eigenvalue weighted by atomic mass is 9.92. The van der Waals surface area contributed by atoms with E-state index in [1.54, 1.807) is 6.92 Å². The van der Waals surface area contributed by atoms with Crippen LogP contribution in [0, 0.1) is 5.92 Å². The molecule has 1 heterocycles. The number of nitrogens with two attached hydrogens (primary N) is 1. The first-order valence-electron chi connectivity index (χ1n) is 7.44. The Morgan fingerprint density at radius 1 is 1.38 bits per heavy atom. The highest BCUT2D eigenvalue weighted by molar-refractivity contribution is 9.10. The first kappa shape index (κ1) is 16.3. The van der Waals surface area contributed by atoms with E-state index in [0.717, 1.165) is 30.4 Å². The van der Waals surface area contributed by atoms with Crippen molar-refractivity contribution >= 4 is 21.8 Å². The van der Waals surface area contributed by atoms with Gasteiger partial charge in [0.05, 0.1) is 0 Å². The number of rotatable bonds is 4. The summed E-state index contributed by atoms with van der Waals surface area (Å²) in [6.45, 7) is 5.36. The van der Waals surface area contributed by atoms with E-state index in [0.29, 0.717) is 11.7 Å². The molecule has 4 nitrogen and oxygen atoms in total. The number of hydrogen-bond acceptors (Lipinski definition) is 3. The third kappa shape index (κ3) is 4.45. The molecule has 1 fully saturated rings. The van der Waals surface area contributed by atoms with Crippen LogP contribution in [0.15, 0.2) is 28.7 Å². The molecule has 2 rings (SSSR count). The Morgan fingerprint density at radius 2 is 2.05 bits per heavy atom. The standard InChI is InChI=1S/C16H23BrN2O2/c1-11(18)13-4-3-9-19(10-13)16(20)12(2)21-15-7-5-14(17)6-8-15/h5-8,11-13H,3-4,9-10,18H2,1-2H3. The van der Waals surface area contributed by atoms with Crippen LogP contribution >= 0.6 is 15.9 Å². The van der Waals surface area contributed by atoms with Crippen molar-refractivity contribution in [1.29, 1.82) is 0 Å². The zero-order valence-electron chi connectivity index (χ0n) is 12.6. The molecule has 1 saturated heterocycles. The Bertz CT molecular complexity index is 476. The molecule has 21 heavy (non-hydrogen) atoms. The summed E-state index contributed by atoms with van der Waals surface area (Å²) in [5.74, 6) is 1.14. The van der Waals surface area contributed by atoms with Crippen molar-refractivity contribution in [2.75, 3.05) is 13.1 Å². The number of ether oxygens (including phenoxy) is 1. The molecule has 1 aliphatic heterocycles. The second kappa shape index (κ2) is 7.27. The van der Waals surface area contributed by atoms with Crippen LogP contribution in [0.25, 0.3) is 0 Å². The smallest absolute Gasteiger partial charge is 0.263 e. The van der Waals surface area contributed by atoms with E-state index < -0.39 is 6.10 Å². The minimum absolute atomic E-state index is 0.0447. The van der Waals surface area contributed by atoms with Gasteiger partial charge >= 0.3 is 0 Å². The maximum Gasteiger partial charge on any atom is 0.263 e. The van der Waals surface area contributed by atoms with Gasteiger partial charge in [-0.05, 0) is 56.9 Å². The van der Waals surface area contributed by atoms with E-state index in [1.807, 2.05) is 36.1 Å². The summed E-state index contributed by atoms with van der Waals surface area (Å²) in [6, 6.07) is 7.64. The molecule has 0 aromatic heterocycles. The minimum Gasteiger partial charge on any atom is -0.481 e. The number of carbonyl (C=O) groups is 1. The van der Waals surface area contributed by atoms with Crippen LogP contribution in [0.5, 0.6) is 5.75 Å². The number of carbonyl (C=O) groups excluding carboxylic acids is 1. The molecule has 2 N–H and O–H groups in total. The molecule has 1 aromatic carbocycles. The van der Waals surface area contributed by atoms with Crippen molar-refractivity contribution in [3.05, 3.63) is 28.7 Å². The third-order valence-electron chi connectivity index (χ3n) is 3.99. The van der Waals surface area contributed by atoms with Crippen LogP contribution in [0.4, 0.5) is 0 Å². The van der Waals surface area contributed by atoms with E-state index >= 15 is 0 Å². The van der Waals surface area contributed by atoms with Gasteiger partial charge in [-0.3, -0.25) is 4.79 Å². The fraction of sp³-hybridized carbons (Fsp3) is 0.562. The van der Waals surface area contributed by atoms with Gasteiger partial charge in [-0.2, -0.15) is 0 Å². The highest BCUT2D eigenvalue weighted by Gasteiger charge is 2.29. The monoisotopic (exact) mass is 354 g/mol. The summed E-state index contributed by atoms with van der Waals surface area (Å²) in [6.07, 6.45) is 1.64. The Kier molecular flexibility index (Phi) is 5.65. The van der Waals surface area contributed by atoms with E-state index in [9.17, 15) is 4.79 Å². The number of amides is 1. The van der Waals surface area contributed by atoms with Crippen LogP contribution in [-0.2, 0) is 4.79 Å². The van der Waals surface area contributed by atoms with Gasteiger partial charge in [-0.25, -0.2) is 0 Å². The van der Waals surface area contributed by atoms with Crippen molar-refractivity contribution in [2.24, 2.45) is 11.7 Å². The van der Waals surface area contributed by atoms with E-state index in [4.69, 9.17) is 10.5 Å². The fourth-order valence-corrected chi connectivity index (χ4v) is 2.93. The second-order valence-electron chi connectivity index (χ2n) is 5.76. The summed E-state index contributed by atoms with van der Waals surface area (Å²) in [5.41, 5.74) is 5.97. The van der Waals surface area contributed by atoms with Crippen molar-refractivity contribution in [2.45, 2.75) is 38.8 Å². The maximum atomic E-state index is 12.5. The molecule has 1 aromatic rings. The lowest BCUT2D eigenvalue weighted by Crippen LogP contribution is -2.48. The van der Waals surface area contributed by atoms with Crippen LogP contribution in [-0.4, -0.2) is 36.0 Å². The van der Waals surface area contributed by atoms with Gasteiger partial charge in [0, 0.05) is 23.6 Å². The summed E-state index contributed by atoms with van der Waals surface area (Å²) >= 11 is 3.38. The normalized spacial score (nSPS) is 21.7. The molecule has 1 aliphatic rings. The van der Waals surface area contributed by atoms with Gasteiger partial charge in [0.2, 0.25) is 0 Å². The topological polar surface area (TPSA) is 55.6 Å². The molecule has 0 saturated carbocycles. The molecule has 3 unspecified atom stereocenters. The van der Waals surface area contributed by atoms with E-state index in [-0.39, 0.29) is 11.9 Å². The fourth-order valence-electron chi connectivity index (χ4n) is 2.66. The van der Waals surface area contributed by atoms with Crippen LogP contribution in [0.3, 0.4) is 0 Å². The predicted molar refractivity (Wildman–Crippen MR) is 87.2 cm³/mol. The molecular weight excluding hydrogens is 332 g/mol. The second-order valence-corrected chi connectivity index (χ2v) is 6.68. The first-order chi connectivity index (χ1) is 9.97. The van der Waals surface area contributed by atoms with Gasteiger partial charge in [-0.15, -0.1) is 0 Å². The lowest BCUT2D eigenvalue weighted by molar-refractivity contribution is -0.139. The third-order valence-corrected chi connectivity index (χ3v) is 4.52. The number of hydrogen-bond donors (Lipinski definition) is 1. The summed E-state index contributed by atoms with van der Waals surface area (Å²) in [5, 5.41) is 0. The van der Waals surface area contributed by atoms with Gasteiger partial charge in [0.25, 0.3) is 5.91 Å². The molecule has 0 spiro atoms. The van der Waals surface area contributed by atoms with Crippen molar-refractivity contribution in [3.8, 4) is 5.75 Å². The zero-order valence-corrected chi connectivity index (χ0v) is 14.2. The van der Waals surface area contributed by atoms with Gasteiger partial charge in [-0.1, -0.05) is 15.9 Å². The highest BCUT2D eigenvalue weighted by Crippen LogP contribution is 2.21. The summed E-state index contributed by atoms with van der Waals surface area (Å²) < 4.78 is 6.73. The van der Waals surface area contributed by atoms with Gasteiger partial charge in [0.1, 0.15) is 5.75 Å². The number of piperidine rings is 1. The Balaban J connectivity index is 1.93. The molecule has 1 amide bonds. The summed E-state index contributed by atoms with van der Waals surface area (Å²) in [4.78, 5) is 14.4. The van der Waals surface area contributed by atoms with Crippen LogP contribution in [0.2, 0.25) is 0 Å². The molecular formula is C16H23BrN2O2. The molecule has 3 atom stereocenters. The van der Waals surface area contributed by atoms with Gasteiger partial charge < -0.3 is 15.4 Å². The predicted octanol–water partition coefficient (Wildman–Crippen LogP) is 2.80. The van der Waals surface area contributed by atoms with Crippen molar-refractivity contribution < 1.29 is 9.53 Å². The quantitative estimate of drug-likeness (QED) is 0.904. The average Bonchev–Trinajstić information content (AvgIpc) is 2.49. The molecule has 0 aliphatic carbocycles.